The van der Waals surface area contributed by atoms with Gasteiger partial charge in [-0.05, 0) is 32.9 Å². The summed E-state index contributed by atoms with van der Waals surface area (Å²) in [5.41, 5.74) is 0. The molecule has 0 aliphatic heterocycles. The second kappa shape index (κ2) is 73.7. The quantitative estimate of drug-likeness (QED) is 0.0384. The van der Waals surface area contributed by atoms with Crippen LogP contribution >= 0.6 is 0 Å². The normalized spacial score (nSPS) is 9.54. The zero-order chi connectivity index (χ0) is 39.8. The van der Waals surface area contributed by atoms with Crippen LogP contribution in [0, 0.1) is 0 Å². The minimum Gasteiger partial charge on any atom is -0.377 e. The van der Waals surface area contributed by atoms with Gasteiger partial charge in [0.05, 0.1) is 45.2 Å². The molecule has 56 heavy (non-hydrogen) atoms. The van der Waals surface area contributed by atoms with Crippen molar-refractivity contribution < 1.29 is 89.5 Å². The molecule has 0 rings (SSSR count). The number of nitrogens with zero attached hydrogens (tertiary/aromatic N) is 2. The summed E-state index contributed by atoms with van der Waals surface area (Å²) in [6, 6.07) is 0. The van der Waals surface area contributed by atoms with Crippen LogP contribution in [-0.2, 0) is 69.8 Å². The lowest BCUT2D eigenvalue weighted by molar-refractivity contribution is -0.583. The van der Waals surface area contributed by atoms with Crippen molar-refractivity contribution in [3.05, 3.63) is 51.6 Å². The first-order chi connectivity index (χ1) is 22.2. The zero-order valence-corrected chi connectivity index (χ0v) is 30.3. The molecule has 0 amide bonds. The predicted molar refractivity (Wildman–Crippen MR) is 224 cm³/mol. The second-order valence-corrected chi connectivity index (χ2v) is 10.0. The van der Waals surface area contributed by atoms with Crippen molar-refractivity contribution in [1.29, 1.82) is 0 Å². The molecule has 0 spiro atoms. The first kappa shape index (κ1) is 99.5. The molecule has 0 aromatic heterocycles. The van der Waals surface area contributed by atoms with Gasteiger partial charge in [-0.1, -0.05) is 71.6 Å². The molecule has 0 saturated carbocycles. The van der Waals surface area contributed by atoms with E-state index in [1.807, 2.05) is 13.8 Å². The Labute approximate surface area is 344 Å². The fraction of sp³-hybridized carbons (Fsp3) is 0.733. The third-order valence-electron chi connectivity index (χ3n) is 3.16. The molecule has 0 aromatic carbocycles. The molecule has 0 bridgehead atoms. The molecule has 0 aliphatic rings. The molecular weight excluding hydrogens is 837 g/mol. The summed E-state index contributed by atoms with van der Waals surface area (Å²) in [6.07, 6.45) is 1.67. The number of rotatable bonds is 19. The van der Waals surface area contributed by atoms with Crippen molar-refractivity contribution in [2.45, 2.75) is 99.3 Å². The lowest BCUT2D eigenvalue weighted by Crippen LogP contribution is -2.38. The van der Waals surface area contributed by atoms with E-state index in [1.165, 1.54) is 13.8 Å². The van der Waals surface area contributed by atoms with E-state index < -0.39 is 54.2 Å². The monoisotopic (exact) mass is 916 g/mol. The van der Waals surface area contributed by atoms with Crippen molar-refractivity contribution in [2.24, 2.45) is 0 Å². The molecule has 0 saturated heterocycles. The molecule has 4 N–H and O–H groups in total. The summed E-state index contributed by atoms with van der Waals surface area (Å²) in [4.78, 5) is 9.19. The Morgan fingerprint density at radius 3 is 0.964 bits per heavy atom. The molecule has 354 valence electrons. The van der Waals surface area contributed by atoms with Gasteiger partial charge >= 0.3 is 42.0 Å². The van der Waals surface area contributed by atoms with Crippen LogP contribution in [0.3, 0.4) is 0 Å². The second-order valence-electron chi connectivity index (χ2n) is 7.11. The lowest BCUT2D eigenvalue weighted by Gasteiger charge is -2.24. The summed E-state index contributed by atoms with van der Waals surface area (Å²) in [6.45, 7) is 25.9. The SMILES string of the molecule is C.C.C.C.C.C.C.C.C=C.C=C.C=CC.C=CC.CC(COCCN(CCOCC(C)OS(=O)(=O)O)CCN(OO)OO)OS(=O)(=O)O.O=S(=O)=O.O=S(=O)=O. The number of ether oxygens (including phenoxy) is 2. The van der Waals surface area contributed by atoms with Crippen LogP contribution < -0.4 is 0 Å². The molecular formula is C30H80N2O20S4. The van der Waals surface area contributed by atoms with E-state index >= 15 is 0 Å². The van der Waals surface area contributed by atoms with Crippen LogP contribution in [0.4, 0.5) is 0 Å². The third-order valence-corrected chi connectivity index (χ3v) is 4.30. The van der Waals surface area contributed by atoms with E-state index in [0.29, 0.717) is 5.23 Å². The molecule has 26 heteroatoms. The summed E-state index contributed by atoms with van der Waals surface area (Å²) < 4.78 is 129. The largest absolute Gasteiger partial charge is 0.425 e. The van der Waals surface area contributed by atoms with Crippen LogP contribution in [-0.4, -0.2) is 137 Å². The third kappa shape index (κ3) is 141. The maximum Gasteiger partial charge on any atom is 0.425 e. The molecule has 0 aliphatic carbocycles. The number of hydrogen-bond acceptors (Lipinski definition) is 20. The van der Waals surface area contributed by atoms with Gasteiger partial charge in [-0.2, -0.15) is 16.8 Å². The van der Waals surface area contributed by atoms with Crippen LogP contribution in [0.25, 0.3) is 0 Å². The number of hydroxylamine groups is 2. The molecule has 0 heterocycles. The molecule has 0 aromatic rings. The molecule has 22 nitrogen and oxygen atoms in total. The van der Waals surface area contributed by atoms with E-state index in [-0.39, 0.29) is 112 Å². The molecule has 2 unspecified atom stereocenters. The Kier molecular flexibility index (Phi) is 131. The van der Waals surface area contributed by atoms with E-state index in [2.05, 4.69) is 57.8 Å². The minimum absolute atomic E-state index is 0. The highest BCUT2D eigenvalue weighted by Gasteiger charge is 2.15. The fourth-order valence-electron chi connectivity index (χ4n) is 2.01. The van der Waals surface area contributed by atoms with Crippen LogP contribution in [0.5, 0.6) is 0 Å². The summed E-state index contributed by atoms with van der Waals surface area (Å²) >= 11 is 0. The van der Waals surface area contributed by atoms with Crippen LogP contribution in [0.2, 0.25) is 0 Å². The zero-order valence-electron chi connectivity index (χ0n) is 27.1. The number of hydrogen-bond donors (Lipinski definition) is 4. The Morgan fingerprint density at radius 1 is 0.571 bits per heavy atom. The van der Waals surface area contributed by atoms with Gasteiger partial charge in [0.15, 0.2) is 0 Å². The van der Waals surface area contributed by atoms with Crippen molar-refractivity contribution in [3.63, 3.8) is 0 Å². The Hall–Kier alpha value is -2.38. The first-order valence-electron chi connectivity index (χ1n) is 12.4. The highest BCUT2D eigenvalue weighted by atomic mass is 32.3. The molecule has 2 atom stereocenters. The maximum absolute atomic E-state index is 10.6. The minimum atomic E-state index is -4.59. The average Bonchev–Trinajstić information content (AvgIpc) is 2.94. The lowest BCUT2D eigenvalue weighted by atomic mass is 10.4. The van der Waals surface area contributed by atoms with Crippen molar-refractivity contribution in [3.8, 4) is 0 Å². The predicted octanol–water partition coefficient (Wildman–Crippen LogP) is 5.92. The van der Waals surface area contributed by atoms with Crippen LogP contribution in [0.15, 0.2) is 51.6 Å². The average molecular weight is 917 g/mol. The Morgan fingerprint density at radius 2 is 0.786 bits per heavy atom. The van der Waals surface area contributed by atoms with Gasteiger partial charge in [0.1, 0.15) is 0 Å². The van der Waals surface area contributed by atoms with E-state index in [4.69, 9.17) is 54.3 Å². The highest BCUT2D eigenvalue weighted by molar-refractivity contribution is 7.81. The standard InChI is InChI=1S/C12H28N2O14S2.2C3H6.2C2H4.8CH4.2O3S/c1-11(25-29(17,18)19)9-23-7-5-13(3-4-14(27-15)28-16)6-8-24-10-12(2)26-30(20,21)22;2*1-3-2;2*1-2;;;;;;;;;2*1-4(2)3/h11-12,15-16H,3-10H2,1-2H3,(H,17,18,19)(H,20,21,22);2*3H,1H2,2H3;2*1-2H2;8*1H4;;. The summed E-state index contributed by atoms with van der Waals surface area (Å²) in [7, 11) is -15.4. The summed E-state index contributed by atoms with van der Waals surface area (Å²) in [5, 5.41) is 17.3. The number of allylic oxidation sites excluding steroid dienone is 2. The van der Waals surface area contributed by atoms with Gasteiger partial charge < -0.3 is 9.47 Å². The molecule has 0 fully saturated rings. The molecule has 0 radical (unpaired) electrons. The summed E-state index contributed by atoms with van der Waals surface area (Å²) in [5.74, 6) is 0. The van der Waals surface area contributed by atoms with Crippen molar-refractivity contribution in [2.75, 3.05) is 52.6 Å². The first-order valence-corrected chi connectivity index (χ1v) is 17.2. The van der Waals surface area contributed by atoms with Gasteiger partial charge in [-0.15, -0.1) is 74.7 Å². The van der Waals surface area contributed by atoms with Gasteiger partial charge in [0, 0.05) is 19.6 Å². The smallest absolute Gasteiger partial charge is 0.377 e. The highest BCUT2D eigenvalue weighted by Crippen LogP contribution is 2.00. The van der Waals surface area contributed by atoms with E-state index in [0.717, 1.165) is 0 Å². The fourth-order valence-corrected chi connectivity index (χ4v) is 2.95. The Bertz CT molecular complexity index is 1070. The Balaban J connectivity index is -0.0000000424. The van der Waals surface area contributed by atoms with Crippen molar-refractivity contribution in [1.82, 2.24) is 10.1 Å². The van der Waals surface area contributed by atoms with Crippen LogP contribution in [0.1, 0.15) is 87.1 Å². The topological polar surface area (TPSA) is 313 Å². The van der Waals surface area contributed by atoms with Gasteiger partial charge in [0.2, 0.25) is 0 Å². The van der Waals surface area contributed by atoms with Gasteiger partial charge in [-0.25, -0.2) is 18.9 Å². The van der Waals surface area contributed by atoms with Crippen molar-refractivity contribution >= 4 is 42.0 Å². The van der Waals surface area contributed by atoms with E-state index in [1.54, 1.807) is 17.1 Å². The maximum atomic E-state index is 10.6. The van der Waals surface area contributed by atoms with Gasteiger partial charge in [0.25, 0.3) is 0 Å². The van der Waals surface area contributed by atoms with E-state index in [9.17, 15) is 16.8 Å². The van der Waals surface area contributed by atoms with Gasteiger partial charge in [-0.3, -0.25) is 14.0 Å².